The minimum atomic E-state index is -4.52. The highest BCUT2D eigenvalue weighted by atomic mass is 32.2. The number of nitrogens with one attached hydrogen (secondary N) is 1. The van der Waals surface area contributed by atoms with Crippen LogP contribution in [0, 0.1) is 0 Å². The maximum absolute atomic E-state index is 12.6. The van der Waals surface area contributed by atoms with E-state index < -0.39 is 27.1 Å². The van der Waals surface area contributed by atoms with E-state index in [0.717, 1.165) is 6.07 Å². The largest absolute Gasteiger partial charge is 0.481 e. The van der Waals surface area contributed by atoms with Crippen molar-refractivity contribution in [3.63, 3.8) is 0 Å². The zero-order valence-corrected chi connectivity index (χ0v) is 15.1. The summed E-state index contributed by atoms with van der Waals surface area (Å²) in [4.78, 5) is 31.7. The fraction of sp³-hybridized carbons (Fsp3) is 0.200. The molecule has 0 aliphatic heterocycles. The second-order valence-electron chi connectivity index (χ2n) is 5.13. The average Bonchev–Trinajstić information content (AvgIpc) is 2.60. The first kappa shape index (κ1) is 20.1. The van der Waals surface area contributed by atoms with Gasteiger partial charge in [-0.3, -0.25) is 10.1 Å². The Labute approximate surface area is 154 Å². The second kappa shape index (κ2) is 7.97. The molecule has 0 saturated heterocycles. The van der Waals surface area contributed by atoms with Gasteiger partial charge in [-0.1, -0.05) is 18.2 Å². The Morgan fingerprint density at radius 2 is 1.70 bits per heavy atom. The number of aromatic nitrogens is 2. The fourth-order valence-corrected chi connectivity index (χ4v) is 3.15. The van der Waals surface area contributed by atoms with E-state index >= 15 is 0 Å². The van der Waals surface area contributed by atoms with E-state index in [2.05, 4.69) is 15.3 Å². The van der Waals surface area contributed by atoms with Crippen molar-refractivity contribution in [1.82, 2.24) is 9.97 Å². The van der Waals surface area contributed by atoms with Crippen LogP contribution in [0.4, 0.5) is 5.95 Å². The number of rotatable bonds is 7. The maximum Gasteiger partial charge on any atom is 0.336 e. The summed E-state index contributed by atoms with van der Waals surface area (Å²) in [5.74, 6) is -2.75. The highest BCUT2D eigenvalue weighted by molar-refractivity contribution is 7.90. The molecule has 27 heavy (non-hydrogen) atoms. The molecule has 1 aromatic heterocycles. The summed E-state index contributed by atoms with van der Waals surface area (Å²) in [6, 6.07) is 6.46. The average molecular weight is 396 g/mol. The predicted octanol–water partition coefficient (Wildman–Crippen LogP) is 0.160. The lowest BCUT2D eigenvalue weighted by Gasteiger charge is -2.17. The third-order valence-electron chi connectivity index (χ3n) is 3.37. The van der Waals surface area contributed by atoms with Crippen molar-refractivity contribution in [2.45, 2.75) is 5.25 Å². The number of benzene rings is 1. The Morgan fingerprint density at radius 1 is 1.15 bits per heavy atom. The number of carboxylic acid groups (broad SMARTS) is 1. The van der Waals surface area contributed by atoms with Crippen LogP contribution < -0.4 is 19.9 Å². The number of carboxylic acids is 1. The molecule has 144 valence electrons. The maximum atomic E-state index is 12.6. The summed E-state index contributed by atoms with van der Waals surface area (Å²) in [7, 11) is -1.87. The highest BCUT2D eigenvalue weighted by Crippen LogP contribution is 2.26. The van der Waals surface area contributed by atoms with Crippen molar-refractivity contribution in [3.05, 3.63) is 41.5 Å². The number of amides is 1. The molecule has 1 atom stereocenters. The van der Waals surface area contributed by atoms with Gasteiger partial charge in [0.1, 0.15) is 0 Å². The Bertz CT molecular complexity index is 956. The van der Waals surface area contributed by atoms with Gasteiger partial charge in [0.25, 0.3) is 5.91 Å². The molecule has 1 heterocycles. The normalized spacial score (nSPS) is 12.1. The third-order valence-corrected chi connectivity index (χ3v) is 4.50. The van der Waals surface area contributed by atoms with E-state index in [1.54, 1.807) is 0 Å². The van der Waals surface area contributed by atoms with E-state index in [0.29, 0.717) is 0 Å². The number of sulfonamides is 1. The number of nitrogens with zero attached hydrogens (tertiary/aromatic N) is 2. The van der Waals surface area contributed by atoms with Gasteiger partial charge in [-0.15, -0.1) is 0 Å². The smallest absolute Gasteiger partial charge is 0.336 e. The molecule has 0 aliphatic rings. The van der Waals surface area contributed by atoms with Gasteiger partial charge in [0.05, 0.1) is 25.8 Å². The SMILES string of the molecule is COc1cc(OC)nc(NC(=O)C(c2ccccc2C(=O)O)S(N)(=O)=O)n1. The molecular formula is C15H16N4O7S. The molecule has 0 fully saturated rings. The third kappa shape index (κ3) is 4.68. The number of aromatic carboxylic acids is 1. The Balaban J connectivity index is 2.48. The minimum absolute atomic E-state index is 0.0511. The lowest BCUT2D eigenvalue weighted by atomic mass is 10.0. The summed E-state index contributed by atoms with van der Waals surface area (Å²) >= 11 is 0. The van der Waals surface area contributed by atoms with Gasteiger partial charge < -0.3 is 14.6 Å². The molecule has 0 saturated carbocycles. The summed E-state index contributed by atoms with van der Waals surface area (Å²) in [5.41, 5.74) is -0.671. The topological polar surface area (TPSA) is 171 Å². The fourth-order valence-electron chi connectivity index (χ4n) is 2.23. The molecule has 2 rings (SSSR count). The van der Waals surface area contributed by atoms with Crippen LogP contribution in [0.5, 0.6) is 11.8 Å². The van der Waals surface area contributed by atoms with Crippen LogP contribution in [-0.2, 0) is 14.8 Å². The summed E-state index contributed by atoms with van der Waals surface area (Å²) in [6.45, 7) is 0. The molecule has 1 unspecified atom stereocenters. The molecule has 1 aromatic carbocycles. The highest BCUT2D eigenvalue weighted by Gasteiger charge is 2.35. The van der Waals surface area contributed by atoms with E-state index in [1.165, 1.54) is 38.5 Å². The molecule has 2 aromatic rings. The number of hydrogen-bond donors (Lipinski definition) is 3. The number of carbonyl (C=O) groups excluding carboxylic acids is 1. The minimum Gasteiger partial charge on any atom is -0.481 e. The van der Waals surface area contributed by atoms with Gasteiger partial charge in [0.15, 0.2) is 5.25 Å². The van der Waals surface area contributed by atoms with Crippen LogP contribution in [0.15, 0.2) is 30.3 Å². The van der Waals surface area contributed by atoms with Crippen LogP contribution in [-0.4, -0.2) is 49.6 Å². The zero-order valence-electron chi connectivity index (χ0n) is 14.2. The monoisotopic (exact) mass is 396 g/mol. The predicted molar refractivity (Wildman–Crippen MR) is 93.0 cm³/mol. The van der Waals surface area contributed by atoms with Gasteiger partial charge in [-0.25, -0.2) is 18.4 Å². The standard InChI is InChI=1S/C15H16N4O7S/c1-25-10-7-11(26-2)18-15(17-10)19-13(20)12(27(16,23)24)8-5-3-4-6-9(8)14(21)22/h3-7,12H,1-2H3,(H,21,22)(H2,16,23,24)(H,17,18,19,20). The molecule has 0 bridgehead atoms. The summed E-state index contributed by atoms with van der Waals surface area (Å²) in [6.07, 6.45) is 0. The van der Waals surface area contributed by atoms with Gasteiger partial charge >= 0.3 is 5.97 Å². The van der Waals surface area contributed by atoms with Crippen LogP contribution in [0.25, 0.3) is 0 Å². The molecule has 0 radical (unpaired) electrons. The van der Waals surface area contributed by atoms with Crippen LogP contribution in [0.2, 0.25) is 0 Å². The van der Waals surface area contributed by atoms with E-state index in [-0.39, 0.29) is 28.8 Å². The van der Waals surface area contributed by atoms with Gasteiger partial charge in [0, 0.05) is 0 Å². The van der Waals surface area contributed by atoms with Crippen molar-refractivity contribution in [2.75, 3.05) is 19.5 Å². The van der Waals surface area contributed by atoms with E-state index in [4.69, 9.17) is 14.6 Å². The zero-order chi connectivity index (χ0) is 20.2. The molecule has 12 heteroatoms. The number of ether oxygens (including phenoxy) is 2. The van der Waals surface area contributed by atoms with Gasteiger partial charge in [-0.2, -0.15) is 9.97 Å². The number of hydrogen-bond acceptors (Lipinski definition) is 8. The van der Waals surface area contributed by atoms with Crippen molar-refractivity contribution in [3.8, 4) is 11.8 Å². The van der Waals surface area contributed by atoms with Crippen molar-refractivity contribution < 1.29 is 32.6 Å². The second-order valence-corrected chi connectivity index (χ2v) is 6.78. The first-order valence-corrected chi connectivity index (χ1v) is 8.90. The Hall–Kier alpha value is -3.25. The number of anilines is 1. The van der Waals surface area contributed by atoms with E-state index in [9.17, 15) is 23.1 Å². The quantitative estimate of drug-likeness (QED) is 0.589. The van der Waals surface area contributed by atoms with Crippen molar-refractivity contribution in [2.24, 2.45) is 5.14 Å². The molecule has 1 amide bonds. The molecule has 0 spiro atoms. The van der Waals surface area contributed by atoms with Crippen LogP contribution >= 0.6 is 0 Å². The number of methoxy groups -OCH3 is 2. The van der Waals surface area contributed by atoms with Gasteiger partial charge in [-0.05, 0) is 11.6 Å². The first-order valence-electron chi connectivity index (χ1n) is 7.29. The number of primary sulfonamides is 1. The Kier molecular flexibility index (Phi) is 5.92. The summed E-state index contributed by atoms with van der Waals surface area (Å²) < 4.78 is 33.9. The lowest BCUT2D eigenvalue weighted by Crippen LogP contribution is -2.34. The molecule has 11 nitrogen and oxygen atoms in total. The molecular weight excluding hydrogens is 380 g/mol. The lowest BCUT2D eigenvalue weighted by molar-refractivity contribution is -0.116. The molecule has 0 aliphatic carbocycles. The molecule has 4 N–H and O–H groups in total. The Morgan fingerprint density at radius 3 is 2.19 bits per heavy atom. The van der Waals surface area contributed by atoms with Crippen LogP contribution in [0.3, 0.4) is 0 Å². The van der Waals surface area contributed by atoms with Gasteiger partial charge in [0.2, 0.25) is 27.7 Å². The van der Waals surface area contributed by atoms with Crippen molar-refractivity contribution in [1.29, 1.82) is 0 Å². The summed E-state index contributed by atoms with van der Waals surface area (Å²) in [5, 5.41) is 14.6. The number of nitrogens with two attached hydrogens (primary N) is 1. The first-order chi connectivity index (χ1) is 12.7. The van der Waals surface area contributed by atoms with Crippen LogP contribution in [0.1, 0.15) is 21.2 Å². The van der Waals surface area contributed by atoms with Crippen molar-refractivity contribution >= 4 is 27.8 Å². The van der Waals surface area contributed by atoms with E-state index in [1.807, 2.05) is 0 Å². The number of carbonyl (C=O) groups is 2.